The van der Waals surface area contributed by atoms with Crippen molar-refractivity contribution in [1.29, 1.82) is 0 Å². The number of Topliss-reactive ketones (excluding diaryl/α,β-unsaturated/α-hetero) is 1. The van der Waals surface area contributed by atoms with Crippen molar-refractivity contribution >= 4 is 11.7 Å². The average Bonchev–Trinajstić information content (AvgIpc) is 2.30. The zero-order valence-corrected chi connectivity index (χ0v) is 7.59. The first-order valence-corrected chi connectivity index (χ1v) is 4.45. The minimum Gasteiger partial charge on any atom is -0.346 e. The maximum absolute atomic E-state index is 11.2. The number of carbonyl (C=O) groups is 2. The van der Waals surface area contributed by atoms with Crippen LogP contribution in [0.1, 0.15) is 33.1 Å². The van der Waals surface area contributed by atoms with Crippen LogP contribution in [0.15, 0.2) is 0 Å². The van der Waals surface area contributed by atoms with Crippen LogP contribution in [-0.4, -0.2) is 17.7 Å². The molecule has 0 aromatic rings. The molecule has 68 valence electrons. The maximum atomic E-state index is 11.2. The van der Waals surface area contributed by atoms with Crippen molar-refractivity contribution in [2.24, 2.45) is 5.92 Å². The zero-order chi connectivity index (χ0) is 9.14. The first-order chi connectivity index (χ1) is 5.63. The van der Waals surface area contributed by atoms with E-state index in [2.05, 4.69) is 19.2 Å². The molecule has 1 N–H and O–H groups in total. The molecule has 1 amide bonds. The summed E-state index contributed by atoms with van der Waals surface area (Å²) in [5.74, 6) is 0.450. The Morgan fingerprint density at radius 2 is 2.25 bits per heavy atom. The molecule has 2 atom stereocenters. The molecule has 0 spiro atoms. The van der Waals surface area contributed by atoms with E-state index in [1.165, 1.54) is 0 Å². The van der Waals surface area contributed by atoms with Gasteiger partial charge in [-0.1, -0.05) is 20.3 Å². The summed E-state index contributed by atoms with van der Waals surface area (Å²) >= 11 is 0. The minimum absolute atomic E-state index is 0.0558. The summed E-state index contributed by atoms with van der Waals surface area (Å²) in [5, 5.41) is 2.68. The van der Waals surface area contributed by atoms with E-state index in [9.17, 15) is 9.59 Å². The number of hydrogen-bond donors (Lipinski definition) is 1. The predicted molar refractivity (Wildman–Crippen MR) is 45.6 cm³/mol. The Morgan fingerprint density at radius 3 is 2.67 bits per heavy atom. The van der Waals surface area contributed by atoms with Crippen LogP contribution < -0.4 is 5.32 Å². The second kappa shape index (κ2) is 3.70. The van der Waals surface area contributed by atoms with Gasteiger partial charge in [-0.3, -0.25) is 9.59 Å². The van der Waals surface area contributed by atoms with Crippen molar-refractivity contribution in [1.82, 2.24) is 5.32 Å². The van der Waals surface area contributed by atoms with E-state index in [1.54, 1.807) is 0 Å². The van der Waals surface area contributed by atoms with E-state index in [-0.39, 0.29) is 24.2 Å². The van der Waals surface area contributed by atoms with E-state index < -0.39 is 0 Å². The topological polar surface area (TPSA) is 46.2 Å². The van der Waals surface area contributed by atoms with Crippen molar-refractivity contribution in [3.8, 4) is 0 Å². The summed E-state index contributed by atoms with van der Waals surface area (Å²) < 4.78 is 0. The van der Waals surface area contributed by atoms with E-state index in [0.29, 0.717) is 5.92 Å². The van der Waals surface area contributed by atoms with Crippen LogP contribution >= 0.6 is 0 Å². The molecular weight excluding hydrogens is 154 g/mol. The van der Waals surface area contributed by atoms with E-state index in [4.69, 9.17) is 0 Å². The number of hydrogen-bond acceptors (Lipinski definition) is 2. The van der Waals surface area contributed by atoms with Gasteiger partial charge in [0.05, 0.1) is 12.5 Å². The normalized spacial score (nSPS) is 25.7. The second-order valence-electron chi connectivity index (χ2n) is 3.51. The molecule has 1 fully saturated rings. The first kappa shape index (κ1) is 9.23. The van der Waals surface area contributed by atoms with Gasteiger partial charge in [0.1, 0.15) is 0 Å². The van der Waals surface area contributed by atoms with Gasteiger partial charge in [0.15, 0.2) is 5.78 Å². The fourth-order valence-electron chi connectivity index (χ4n) is 1.37. The lowest BCUT2D eigenvalue weighted by molar-refractivity contribution is -0.122. The maximum Gasteiger partial charge on any atom is 0.228 e. The highest BCUT2D eigenvalue weighted by Gasteiger charge is 2.30. The smallest absolute Gasteiger partial charge is 0.228 e. The lowest BCUT2D eigenvalue weighted by Crippen LogP contribution is -2.30. The number of nitrogens with one attached hydrogen (secondary N) is 1. The number of rotatable bonds is 3. The molecule has 0 radical (unpaired) electrons. The van der Waals surface area contributed by atoms with Crippen LogP contribution in [0.3, 0.4) is 0 Å². The molecule has 0 bridgehead atoms. The molecular formula is C9H15NO2. The van der Waals surface area contributed by atoms with Crippen molar-refractivity contribution in [3.05, 3.63) is 0 Å². The third-order valence-electron chi connectivity index (χ3n) is 2.39. The quantitative estimate of drug-likeness (QED) is 0.637. The molecule has 1 saturated heterocycles. The molecule has 12 heavy (non-hydrogen) atoms. The lowest BCUT2D eigenvalue weighted by atomic mass is 9.98. The summed E-state index contributed by atoms with van der Waals surface area (Å²) in [6, 6.07) is -0.201. The van der Waals surface area contributed by atoms with Crippen molar-refractivity contribution in [2.75, 3.05) is 0 Å². The summed E-state index contributed by atoms with van der Waals surface area (Å²) in [6.45, 7) is 4.18. The average molecular weight is 169 g/mol. The Hall–Kier alpha value is -0.860. The molecule has 0 aromatic heterocycles. The lowest BCUT2D eigenvalue weighted by Gasteiger charge is -2.12. The molecule has 1 aliphatic rings. The number of ketones is 1. The fraction of sp³-hybridized carbons (Fsp3) is 0.778. The monoisotopic (exact) mass is 169 g/mol. The van der Waals surface area contributed by atoms with Crippen LogP contribution in [0.4, 0.5) is 0 Å². The summed E-state index contributed by atoms with van der Waals surface area (Å²) in [4.78, 5) is 22.0. The van der Waals surface area contributed by atoms with Gasteiger partial charge in [0.25, 0.3) is 0 Å². The SMILES string of the molecule is CCC(C)CC1NC(=O)CC1=O. The van der Waals surface area contributed by atoms with Gasteiger partial charge < -0.3 is 5.32 Å². The van der Waals surface area contributed by atoms with Gasteiger partial charge in [-0.15, -0.1) is 0 Å². The van der Waals surface area contributed by atoms with E-state index in [1.807, 2.05) is 0 Å². The van der Waals surface area contributed by atoms with Crippen LogP contribution in [0.25, 0.3) is 0 Å². The molecule has 0 aromatic carbocycles. The highest BCUT2D eigenvalue weighted by Crippen LogP contribution is 2.14. The van der Waals surface area contributed by atoms with Crippen molar-refractivity contribution in [2.45, 2.75) is 39.2 Å². The van der Waals surface area contributed by atoms with Gasteiger partial charge in [0.2, 0.25) is 5.91 Å². The Morgan fingerprint density at radius 1 is 1.58 bits per heavy atom. The predicted octanol–water partition coefficient (Wildman–Crippen LogP) is 0.880. The fourth-order valence-corrected chi connectivity index (χ4v) is 1.37. The Bertz CT molecular complexity index is 201. The molecule has 1 rings (SSSR count). The highest BCUT2D eigenvalue weighted by atomic mass is 16.2. The summed E-state index contributed by atoms with van der Waals surface area (Å²) in [5.41, 5.74) is 0. The van der Waals surface area contributed by atoms with Crippen molar-refractivity contribution < 1.29 is 9.59 Å². The molecule has 3 heteroatoms. The molecule has 2 unspecified atom stereocenters. The third-order valence-corrected chi connectivity index (χ3v) is 2.39. The van der Waals surface area contributed by atoms with Crippen LogP contribution in [0.5, 0.6) is 0 Å². The Kier molecular flexibility index (Phi) is 2.84. The van der Waals surface area contributed by atoms with Gasteiger partial charge in [-0.25, -0.2) is 0 Å². The molecule has 0 saturated carbocycles. The minimum atomic E-state index is -0.201. The van der Waals surface area contributed by atoms with Gasteiger partial charge >= 0.3 is 0 Å². The number of carbonyl (C=O) groups excluding carboxylic acids is 2. The Balaban J connectivity index is 2.43. The van der Waals surface area contributed by atoms with Gasteiger partial charge in [-0.2, -0.15) is 0 Å². The molecule has 1 heterocycles. The Labute approximate surface area is 72.5 Å². The molecule has 0 aliphatic carbocycles. The zero-order valence-electron chi connectivity index (χ0n) is 7.59. The standard InChI is InChI=1S/C9H15NO2/c1-3-6(2)4-7-8(11)5-9(12)10-7/h6-7H,3-5H2,1-2H3,(H,10,12). The van der Waals surface area contributed by atoms with Crippen molar-refractivity contribution in [3.63, 3.8) is 0 Å². The van der Waals surface area contributed by atoms with Gasteiger partial charge in [-0.05, 0) is 12.3 Å². The van der Waals surface area contributed by atoms with E-state index in [0.717, 1.165) is 12.8 Å². The second-order valence-corrected chi connectivity index (χ2v) is 3.51. The largest absolute Gasteiger partial charge is 0.346 e. The van der Waals surface area contributed by atoms with E-state index >= 15 is 0 Å². The molecule has 3 nitrogen and oxygen atoms in total. The first-order valence-electron chi connectivity index (χ1n) is 4.45. The summed E-state index contributed by atoms with van der Waals surface area (Å²) in [6.07, 6.45) is 1.93. The molecule has 1 aliphatic heterocycles. The highest BCUT2D eigenvalue weighted by molar-refractivity contribution is 6.07. The van der Waals surface area contributed by atoms with Crippen LogP contribution in [0, 0.1) is 5.92 Å². The van der Waals surface area contributed by atoms with Gasteiger partial charge in [0, 0.05) is 0 Å². The van der Waals surface area contributed by atoms with Crippen LogP contribution in [0.2, 0.25) is 0 Å². The summed E-state index contributed by atoms with van der Waals surface area (Å²) in [7, 11) is 0. The third kappa shape index (κ3) is 2.06. The number of amides is 1. The van der Waals surface area contributed by atoms with Crippen LogP contribution in [-0.2, 0) is 9.59 Å².